The van der Waals surface area contributed by atoms with Crippen molar-refractivity contribution in [3.8, 4) is 0 Å². The molecule has 1 rings (SSSR count). The van der Waals surface area contributed by atoms with Crippen LogP contribution < -0.4 is 5.32 Å². The SMILES string of the molecule is CCNC(CC(C)(C)C)c1cc(Cl)c(Br)s1. The van der Waals surface area contributed by atoms with E-state index < -0.39 is 0 Å². The van der Waals surface area contributed by atoms with Crippen LogP contribution >= 0.6 is 38.9 Å². The van der Waals surface area contributed by atoms with Crippen LogP contribution in [0.25, 0.3) is 0 Å². The van der Waals surface area contributed by atoms with Gasteiger partial charge in [-0.25, -0.2) is 0 Å². The molecule has 0 aliphatic rings. The number of nitrogens with one attached hydrogen (secondary N) is 1. The van der Waals surface area contributed by atoms with E-state index in [0.717, 1.165) is 21.8 Å². The summed E-state index contributed by atoms with van der Waals surface area (Å²) < 4.78 is 1.03. The highest BCUT2D eigenvalue weighted by Crippen LogP contribution is 2.38. The van der Waals surface area contributed by atoms with Crippen molar-refractivity contribution in [2.45, 2.75) is 40.2 Å². The van der Waals surface area contributed by atoms with Crippen LogP contribution in [0.15, 0.2) is 9.85 Å². The van der Waals surface area contributed by atoms with E-state index in [1.165, 1.54) is 4.88 Å². The van der Waals surface area contributed by atoms with Crippen LogP contribution in [-0.2, 0) is 0 Å². The molecule has 0 bridgehead atoms. The van der Waals surface area contributed by atoms with Gasteiger partial charge in [-0.1, -0.05) is 39.3 Å². The van der Waals surface area contributed by atoms with Crippen LogP contribution in [0.3, 0.4) is 0 Å². The number of halogens is 2. The van der Waals surface area contributed by atoms with Gasteiger partial charge in [0, 0.05) is 10.9 Å². The number of hydrogen-bond acceptors (Lipinski definition) is 2. The van der Waals surface area contributed by atoms with Gasteiger partial charge in [0.2, 0.25) is 0 Å². The van der Waals surface area contributed by atoms with E-state index in [-0.39, 0.29) is 0 Å². The summed E-state index contributed by atoms with van der Waals surface area (Å²) in [5.41, 5.74) is 0.315. The average molecular weight is 325 g/mol. The Kier molecular flexibility index (Phi) is 5.30. The molecule has 1 nitrogen and oxygen atoms in total. The second-order valence-electron chi connectivity index (χ2n) is 5.15. The standard InChI is InChI=1S/C12H19BrClNS/c1-5-15-9(7-12(2,3)4)10-6-8(14)11(13)16-10/h6,9,15H,5,7H2,1-4H3. The van der Waals surface area contributed by atoms with E-state index in [9.17, 15) is 0 Å². The molecule has 1 aromatic rings. The van der Waals surface area contributed by atoms with E-state index in [2.05, 4.69) is 55.0 Å². The topological polar surface area (TPSA) is 12.0 Å². The van der Waals surface area contributed by atoms with Gasteiger partial charge in [-0.15, -0.1) is 11.3 Å². The zero-order valence-electron chi connectivity index (χ0n) is 10.2. The van der Waals surface area contributed by atoms with Crippen LogP contribution in [0, 0.1) is 5.41 Å². The van der Waals surface area contributed by atoms with Crippen molar-refractivity contribution in [3.63, 3.8) is 0 Å². The zero-order valence-corrected chi connectivity index (χ0v) is 13.4. The maximum Gasteiger partial charge on any atom is 0.0887 e. The first-order valence-electron chi connectivity index (χ1n) is 5.51. The third-order valence-electron chi connectivity index (χ3n) is 2.27. The molecule has 4 heteroatoms. The van der Waals surface area contributed by atoms with Crippen LogP contribution in [0.5, 0.6) is 0 Å². The van der Waals surface area contributed by atoms with Crippen LogP contribution in [0.1, 0.15) is 45.0 Å². The smallest absolute Gasteiger partial charge is 0.0887 e. The number of thiophene rings is 1. The summed E-state index contributed by atoms with van der Waals surface area (Å²) in [6, 6.07) is 2.47. The van der Waals surface area contributed by atoms with Gasteiger partial charge in [0.1, 0.15) is 0 Å². The Morgan fingerprint density at radius 2 is 2.12 bits per heavy atom. The molecule has 0 spiro atoms. The molecular weight excluding hydrogens is 306 g/mol. The van der Waals surface area contributed by atoms with Crippen molar-refractivity contribution in [1.82, 2.24) is 5.32 Å². The van der Waals surface area contributed by atoms with E-state index in [0.29, 0.717) is 11.5 Å². The molecule has 0 radical (unpaired) electrons. The summed E-state index contributed by atoms with van der Waals surface area (Å²) in [5, 5.41) is 4.34. The third kappa shape index (κ3) is 4.36. The lowest BCUT2D eigenvalue weighted by molar-refractivity contribution is 0.316. The van der Waals surface area contributed by atoms with Crippen molar-refractivity contribution < 1.29 is 0 Å². The quantitative estimate of drug-likeness (QED) is 0.797. The molecule has 16 heavy (non-hydrogen) atoms. The van der Waals surface area contributed by atoms with Gasteiger partial charge < -0.3 is 5.32 Å². The zero-order chi connectivity index (χ0) is 12.3. The first kappa shape index (κ1) is 14.5. The predicted molar refractivity (Wildman–Crippen MR) is 77.5 cm³/mol. The fourth-order valence-corrected chi connectivity index (χ4v) is 3.49. The Morgan fingerprint density at radius 1 is 1.50 bits per heavy atom. The highest BCUT2D eigenvalue weighted by molar-refractivity contribution is 9.11. The van der Waals surface area contributed by atoms with Crippen LogP contribution in [-0.4, -0.2) is 6.54 Å². The Hall–Kier alpha value is 0.430. The molecule has 1 aromatic heterocycles. The molecule has 0 aliphatic carbocycles. The fraction of sp³-hybridized carbons (Fsp3) is 0.667. The lowest BCUT2D eigenvalue weighted by atomic mass is 9.87. The predicted octanol–water partition coefficient (Wildman–Crippen LogP) is 5.25. The molecule has 0 saturated heterocycles. The van der Waals surface area contributed by atoms with Gasteiger partial charge in [-0.3, -0.25) is 0 Å². The summed E-state index contributed by atoms with van der Waals surface area (Å²) in [6.45, 7) is 9.92. The molecular formula is C12H19BrClNS. The minimum absolute atomic E-state index is 0.315. The van der Waals surface area contributed by atoms with Crippen LogP contribution in [0.4, 0.5) is 0 Å². The summed E-state index contributed by atoms with van der Waals surface area (Å²) in [7, 11) is 0. The lowest BCUT2D eigenvalue weighted by Gasteiger charge is -2.25. The third-order valence-corrected chi connectivity index (χ3v) is 4.86. The summed E-state index contributed by atoms with van der Waals surface area (Å²) in [4.78, 5) is 1.31. The van der Waals surface area contributed by atoms with Crippen molar-refractivity contribution >= 4 is 38.9 Å². The average Bonchev–Trinajstić information content (AvgIpc) is 2.44. The molecule has 1 heterocycles. The molecule has 1 unspecified atom stereocenters. The molecule has 1 atom stereocenters. The summed E-state index contributed by atoms with van der Waals surface area (Å²) >= 11 is 11.3. The minimum atomic E-state index is 0.315. The van der Waals surface area contributed by atoms with Gasteiger partial charge in [0.15, 0.2) is 0 Å². The minimum Gasteiger partial charge on any atom is -0.310 e. The van der Waals surface area contributed by atoms with E-state index in [1.54, 1.807) is 11.3 Å². The largest absolute Gasteiger partial charge is 0.310 e. The van der Waals surface area contributed by atoms with E-state index in [1.807, 2.05) is 0 Å². The first-order valence-corrected chi connectivity index (χ1v) is 7.50. The maximum atomic E-state index is 6.08. The highest BCUT2D eigenvalue weighted by atomic mass is 79.9. The van der Waals surface area contributed by atoms with Gasteiger partial charge in [0.25, 0.3) is 0 Å². The molecule has 0 fully saturated rings. The van der Waals surface area contributed by atoms with Gasteiger partial charge in [-0.05, 0) is 40.4 Å². The normalized spacial score (nSPS) is 14.1. The second kappa shape index (κ2) is 5.85. The van der Waals surface area contributed by atoms with E-state index in [4.69, 9.17) is 11.6 Å². The first-order chi connectivity index (χ1) is 7.33. The number of rotatable bonds is 4. The van der Waals surface area contributed by atoms with Crippen LogP contribution in [0.2, 0.25) is 5.02 Å². The summed E-state index contributed by atoms with van der Waals surface area (Å²) in [5.74, 6) is 0. The summed E-state index contributed by atoms with van der Waals surface area (Å²) in [6.07, 6.45) is 1.12. The number of hydrogen-bond donors (Lipinski definition) is 1. The fourth-order valence-electron chi connectivity index (χ4n) is 1.67. The van der Waals surface area contributed by atoms with Gasteiger partial charge in [-0.2, -0.15) is 0 Å². The molecule has 0 saturated carbocycles. The van der Waals surface area contributed by atoms with Crippen molar-refractivity contribution in [2.24, 2.45) is 5.41 Å². The van der Waals surface area contributed by atoms with Crippen molar-refractivity contribution in [2.75, 3.05) is 6.54 Å². The Labute approximate surface area is 116 Å². The Morgan fingerprint density at radius 3 is 2.50 bits per heavy atom. The molecule has 0 aliphatic heterocycles. The van der Waals surface area contributed by atoms with Gasteiger partial charge >= 0.3 is 0 Å². The van der Waals surface area contributed by atoms with Gasteiger partial charge in [0.05, 0.1) is 8.81 Å². The molecule has 0 aromatic carbocycles. The van der Waals surface area contributed by atoms with Crippen molar-refractivity contribution in [3.05, 3.63) is 19.8 Å². The monoisotopic (exact) mass is 323 g/mol. The van der Waals surface area contributed by atoms with Crippen molar-refractivity contribution in [1.29, 1.82) is 0 Å². The molecule has 1 N–H and O–H groups in total. The Balaban J connectivity index is 2.85. The lowest BCUT2D eigenvalue weighted by Crippen LogP contribution is -2.24. The maximum absolute atomic E-state index is 6.08. The molecule has 92 valence electrons. The van der Waals surface area contributed by atoms with E-state index >= 15 is 0 Å². The Bertz CT molecular complexity index is 324. The molecule has 0 amide bonds. The highest BCUT2D eigenvalue weighted by Gasteiger charge is 2.21. The second-order valence-corrected chi connectivity index (χ2v) is 7.95.